The van der Waals surface area contributed by atoms with Gasteiger partial charge in [0.1, 0.15) is 11.4 Å². The van der Waals surface area contributed by atoms with Gasteiger partial charge in [0.05, 0.1) is 12.2 Å². The monoisotopic (exact) mass is 257 g/mol. The Bertz CT molecular complexity index is 597. The summed E-state index contributed by atoms with van der Waals surface area (Å²) in [6.07, 6.45) is 1.70. The van der Waals surface area contributed by atoms with Crippen LogP contribution in [0.5, 0.6) is 0 Å². The first-order chi connectivity index (χ1) is 9.08. The third-order valence-electron chi connectivity index (χ3n) is 2.72. The summed E-state index contributed by atoms with van der Waals surface area (Å²) >= 11 is 0. The number of carbonyl (C=O) groups is 1. The van der Waals surface area contributed by atoms with Crippen molar-refractivity contribution in [2.24, 2.45) is 0 Å². The molecule has 0 saturated heterocycles. The first-order valence-electron chi connectivity index (χ1n) is 5.93. The molecule has 0 bridgehead atoms. The summed E-state index contributed by atoms with van der Waals surface area (Å²) in [6.45, 7) is 4.05. The number of nitrogens with zero attached hydrogens (tertiary/aromatic N) is 2. The lowest BCUT2D eigenvalue weighted by Crippen LogP contribution is -2.11. The van der Waals surface area contributed by atoms with Gasteiger partial charge in [-0.15, -0.1) is 0 Å². The van der Waals surface area contributed by atoms with Crippen LogP contribution in [-0.2, 0) is 6.54 Å². The topological polar surface area (TPSA) is 75.1 Å². The van der Waals surface area contributed by atoms with Crippen molar-refractivity contribution in [3.8, 4) is 0 Å². The zero-order valence-electron chi connectivity index (χ0n) is 10.8. The first kappa shape index (κ1) is 13.0. The molecule has 98 valence electrons. The molecular formula is C14H15N3O2. The fraction of sp³-hybridized carbons (Fsp3) is 0.214. The summed E-state index contributed by atoms with van der Waals surface area (Å²) in [5.41, 5.74) is 2.52. The molecule has 5 heteroatoms. The van der Waals surface area contributed by atoms with Crippen LogP contribution < -0.4 is 5.32 Å². The van der Waals surface area contributed by atoms with Gasteiger partial charge in [-0.3, -0.25) is 4.98 Å². The van der Waals surface area contributed by atoms with Gasteiger partial charge in [-0.2, -0.15) is 0 Å². The lowest BCUT2D eigenvalue weighted by atomic mass is 10.1. The van der Waals surface area contributed by atoms with E-state index in [0.29, 0.717) is 17.9 Å². The maximum Gasteiger partial charge on any atom is 0.339 e. The maximum absolute atomic E-state index is 11.3. The molecule has 0 saturated carbocycles. The second kappa shape index (κ2) is 5.48. The normalized spacial score (nSPS) is 10.2. The number of aromatic nitrogens is 2. The average molecular weight is 257 g/mol. The SMILES string of the molecule is Cc1cc(C)c(C(=O)O)c(NCc2ccccn2)n1. The van der Waals surface area contributed by atoms with Gasteiger partial charge in [0.15, 0.2) is 0 Å². The molecule has 0 aromatic carbocycles. The summed E-state index contributed by atoms with van der Waals surface area (Å²) < 4.78 is 0. The van der Waals surface area contributed by atoms with Crippen molar-refractivity contribution in [3.05, 3.63) is 53.0 Å². The van der Waals surface area contributed by atoms with Gasteiger partial charge in [0.2, 0.25) is 0 Å². The van der Waals surface area contributed by atoms with Crippen molar-refractivity contribution in [2.45, 2.75) is 20.4 Å². The van der Waals surface area contributed by atoms with Gasteiger partial charge >= 0.3 is 5.97 Å². The summed E-state index contributed by atoms with van der Waals surface area (Å²) in [5, 5.41) is 12.3. The standard InChI is InChI=1S/C14H15N3O2/c1-9-7-10(2)17-13(12(9)14(18)19)16-8-11-5-3-4-6-15-11/h3-7H,8H2,1-2H3,(H,16,17)(H,18,19). The van der Waals surface area contributed by atoms with E-state index in [9.17, 15) is 9.90 Å². The van der Waals surface area contributed by atoms with Gasteiger partial charge < -0.3 is 10.4 Å². The van der Waals surface area contributed by atoms with Gasteiger partial charge in [-0.05, 0) is 37.6 Å². The van der Waals surface area contributed by atoms with Crippen molar-refractivity contribution in [1.29, 1.82) is 0 Å². The van der Waals surface area contributed by atoms with Crippen molar-refractivity contribution in [3.63, 3.8) is 0 Å². The molecule has 2 aromatic heterocycles. The molecule has 2 N–H and O–H groups in total. The van der Waals surface area contributed by atoms with E-state index in [4.69, 9.17) is 0 Å². The summed E-state index contributed by atoms with van der Waals surface area (Å²) in [6, 6.07) is 7.35. The molecule has 0 spiro atoms. The highest BCUT2D eigenvalue weighted by atomic mass is 16.4. The van der Waals surface area contributed by atoms with Crippen molar-refractivity contribution in [1.82, 2.24) is 9.97 Å². The minimum atomic E-state index is -0.978. The molecule has 2 aromatic rings. The predicted molar refractivity (Wildman–Crippen MR) is 72.2 cm³/mol. The molecule has 19 heavy (non-hydrogen) atoms. The molecule has 0 unspecified atom stereocenters. The number of pyridine rings is 2. The first-order valence-corrected chi connectivity index (χ1v) is 5.93. The third-order valence-corrected chi connectivity index (χ3v) is 2.72. The number of carboxylic acids is 1. The molecular weight excluding hydrogens is 242 g/mol. The van der Waals surface area contributed by atoms with E-state index in [2.05, 4.69) is 15.3 Å². The van der Waals surface area contributed by atoms with Crippen LogP contribution in [0.3, 0.4) is 0 Å². The molecule has 0 amide bonds. The van der Waals surface area contributed by atoms with E-state index in [-0.39, 0.29) is 5.56 Å². The number of hydrogen-bond donors (Lipinski definition) is 2. The Balaban J connectivity index is 2.27. The lowest BCUT2D eigenvalue weighted by molar-refractivity contribution is 0.0697. The average Bonchev–Trinajstić information content (AvgIpc) is 2.36. The Labute approximate surface area is 111 Å². The van der Waals surface area contributed by atoms with Crippen LogP contribution >= 0.6 is 0 Å². The Morgan fingerprint density at radius 3 is 2.79 bits per heavy atom. The number of hydrogen-bond acceptors (Lipinski definition) is 4. The van der Waals surface area contributed by atoms with Crippen LogP contribution in [0.1, 0.15) is 27.3 Å². The van der Waals surface area contributed by atoms with Crippen LogP contribution in [0.4, 0.5) is 5.82 Å². The van der Waals surface area contributed by atoms with E-state index >= 15 is 0 Å². The molecule has 2 heterocycles. The minimum absolute atomic E-state index is 0.210. The van der Waals surface area contributed by atoms with Crippen molar-refractivity contribution in [2.75, 3.05) is 5.32 Å². The van der Waals surface area contributed by atoms with Crippen molar-refractivity contribution < 1.29 is 9.90 Å². The molecule has 0 aliphatic carbocycles. The fourth-order valence-electron chi connectivity index (χ4n) is 1.91. The van der Waals surface area contributed by atoms with Gasteiger partial charge in [0.25, 0.3) is 0 Å². The number of anilines is 1. The third kappa shape index (κ3) is 3.07. The number of carboxylic acid groups (broad SMARTS) is 1. The lowest BCUT2D eigenvalue weighted by Gasteiger charge is -2.11. The second-order valence-corrected chi connectivity index (χ2v) is 4.28. The van der Waals surface area contributed by atoms with Gasteiger partial charge in [-0.25, -0.2) is 9.78 Å². The Hall–Kier alpha value is -2.43. The number of aryl methyl sites for hydroxylation is 2. The van der Waals surface area contributed by atoms with Gasteiger partial charge in [-0.1, -0.05) is 6.07 Å². The van der Waals surface area contributed by atoms with E-state index in [1.165, 1.54) is 0 Å². The second-order valence-electron chi connectivity index (χ2n) is 4.28. The smallest absolute Gasteiger partial charge is 0.339 e. The Morgan fingerprint density at radius 1 is 1.37 bits per heavy atom. The summed E-state index contributed by atoms with van der Waals surface area (Å²) in [4.78, 5) is 19.7. The van der Waals surface area contributed by atoms with Crippen LogP contribution in [0.15, 0.2) is 30.5 Å². The molecule has 0 aliphatic rings. The summed E-state index contributed by atoms with van der Waals surface area (Å²) in [5.74, 6) is -0.593. The zero-order chi connectivity index (χ0) is 13.8. The minimum Gasteiger partial charge on any atom is -0.478 e. The Kier molecular flexibility index (Phi) is 3.75. The van der Waals surface area contributed by atoms with Crippen LogP contribution in [0.25, 0.3) is 0 Å². The van der Waals surface area contributed by atoms with E-state index < -0.39 is 5.97 Å². The quantitative estimate of drug-likeness (QED) is 0.879. The largest absolute Gasteiger partial charge is 0.478 e. The van der Waals surface area contributed by atoms with E-state index in [1.54, 1.807) is 19.2 Å². The van der Waals surface area contributed by atoms with Crippen molar-refractivity contribution >= 4 is 11.8 Å². The zero-order valence-corrected chi connectivity index (χ0v) is 10.8. The molecule has 0 atom stereocenters. The molecule has 0 fully saturated rings. The maximum atomic E-state index is 11.3. The number of nitrogens with one attached hydrogen (secondary N) is 1. The highest BCUT2D eigenvalue weighted by Gasteiger charge is 2.15. The van der Waals surface area contributed by atoms with Crippen LogP contribution in [0, 0.1) is 13.8 Å². The van der Waals surface area contributed by atoms with E-state index in [0.717, 1.165) is 11.4 Å². The number of rotatable bonds is 4. The van der Waals surface area contributed by atoms with Crippen LogP contribution in [0.2, 0.25) is 0 Å². The fourth-order valence-corrected chi connectivity index (χ4v) is 1.91. The molecule has 5 nitrogen and oxygen atoms in total. The molecule has 0 aliphatic heterocycles. The van der Waals surface area contributed by atoms with E-state index in [1.807, 2.05) is 25.1 Å². The predicted octanol–water partition coefficient (Wildman–Crippen LogP) is 2.40. The van der Waals surface area contributed by atoms with Gasteiger partial charge in [0, 0.05) is 11.9 Å². The highest BCUT2D eigenvalue weighted by molar-refractivity contribution is 5.94. The number of aromatic carboxylic acids is 1. The Morgan fingerprint density at radius 2 is 2.16 bits per heavy atom. The molecule has 2 rings (SSSR count). The van der Waals surface area contributed by atoms with Crippen LogP contribution in [-0.4, -0.2) is 21.0 Å². The molecule has 0 radical (unpaired) electrons. The highest BCUT2D eigenvalue weighted by Crippen LogP contribution is 2.19. The summed E-state index contributed by atoms with van der Waals surface area (Å²) in [7, 11) is 0.